The molecule has 7 nitrogen and oxygen atoms in total. The van der Waals surface area contributed by atoms with E-state index in [0.717, 1.165) is 21.2 Å². The molecule has 1 saturated heterocycles. The van der Waals surface area contributed by atoms with Gasteiger partial charge in [0.2, 0.25) is 0 Å². The Morgan fingerprint density at radius 2 is 1.66 bits per heavy atom. The zero-order valence-corrected chi connectivity index (χ0v) is 23.2. The van der Waals surface area contributed by atoms with Crippen LogP contribution in [0.5, 0.6) is 11.5 Å². The third kappa shape index (κ3) is 5.07. The molecule has 0 saturated carbocycles. The SMILES string of the molecule is COc1ccc(N2C(=O)NC(=O)/C(=C\c3cc(Br)cc(Br)c3OCc3cccc4ccccc34)C2=O)cc1. The molecule has 0 spiro atoms. The normalized spacial score (nSPS) is 14.7. The molecular formula is C29H20Br2N2O5. The summed E-state index contributed by atoms with van der Waals surface area (Å²) < 4.78 is 12.7. The number of nitrogens with one attached hydrogen (secondary N) is 1. The van der Waals surface area contributed by atoms with Crippen molar-refractivity contribution in [3.05, 3.63) is 105 Å². The molecule has 0 unspecified atom stereocenters. The molecule has 5 rings (SSSR count). The molecule has 1 N–H and O–H groups in total. The lowest BCUT2D eigenvalue weighted by molar-refractivity contribution is -0.122. The number of anilines is 1. The number of carbonyl (C=O) groups excluding carboxylic acids is 3. The molecule has 0 bridgehead atoms. The highest BCUT2D eigenvalue weighted by Crippen LogP contribution is 2.36. The van der Waals surface area contributed by atoms with Gasteiger partial charge in [0, 0.05) is 10.0 Å². The molecule has 4 aromatic carbocycles. The monoisotopic (exact) mass is 634 g/mol. The minimum Gasteiger partial charge on any atom is -0.497 e. The molecule has 1 aliphatic rings. The van der Waals surface area contributed by atoms with Gasteiger partial charge in [0.25, 0.3) is 11.8 Å². The fourth-order valence-electron chi connectivity index (χ4n) is 4.19. The maximum Gasteiger partial charge on any atom is 0.335 e. The van der Waals surface area contributed by atoms with E-state index in [1.165, 1.54) is 13.2 Å². The predicted octanol–water partition coefficient (Wildman–Crippen LogP) is 6.62. The zero-order valence-electron chi connectivity index (χ0n) is 20.0. The van der Waals surface area contributed by atoms with Crippen LogP contribution in [0.3, 0.4) is 0 Å². The second-order valence-corrected chi connectivity index (χ2v) is 10.2. The Labute approximate surface area is 235 Å². The lowest BCUT2D eigenvalue weighted by Crippen LogP contribution is -2.54. The first-order valence-electron chi connectivity index (χ1n) is 11.5. The number of barbiturate groups is 1. The largest absolute Gasteiger partial charge is 0.497 e. The number of urea groups is 1. The molecule has 4 amide bonds. The van der Waals surface area contributed by atoms with Gasteiger partial charge in [-0.25, -0.2) is 9.69 Å². The van der Waals surface area contributed by atoms with E-state index >= 15 is 0 Å². The van der Waals surface area contributed by atoms with Crippen molar-refractivity contribution in [1.29, 1.82) is 0 Å². The first-order valence-corrected chi connectivity index (χ1v) is 13.1. The molecule has 1 aliphatic heterocycles. The Morgan fingerprint density at radius 3 is 2.42 bits per heavy atom. The van der Waals surface area contributed by atoms with E-state index in [2.05, 4.69) is 37.2 Å². The van der Waals surface area contributed by atoms with E-state index in [1.807, 2.05) is 48.5 Å². The summed E-state index contributed by atoms with van der Waals surface area (Å²) in [6.07, 6.45) is 1.43. The highest BCUT2D eigenvalue weighted by molar-refractivity contribution is 9.11. The summed E-state index contributed by atoms with van der Waals surface area (Å²) in [5, 5.41) is 4.41. The zero-order chi connectivity index (χ0) is 26.8. The first-order chi connectivity index (χ1) is 18.4. The number of halogens is 2. The molecule has 9 heteroatoms. The van der Waals surface area contributed by atoms with Crippen LogP contribution in [-0.2, 0) is 16.2 Å². The van der Waals surface area contributed by atoms with Gasteiger partial charge in [-0.15, -0.1) is 0 Å². The van der Waals surface area contributed by atoms with Crippen LogP contribution in [0.4, 0.5) is 10.5 Å². The van der Waals surface area contributed by atoms with Crippen LogP contribution in [0, 0.1) is 0 Å². The summed E-state index contributed by atoms with van der Waals surface area (Å²) in [6.45, 7) is 0.258. The number of hydrogen-bond acceptors (Lipinski definition) is 5. The number of carbonyl (C=O) groups is 3. The Bertz CT molecular complexity index is 1610. The number of nitrogens with zero attached hydrogens (tertiary/aromatic N) is 1. The number of benzene rings is 4. The molecule has 1 fully saturated rings. The average Bonchev–Trinajstić information content (AvgIpc) is 2.90. The van der Waals surface area contributed by atoms with Crippen LogP contribution in [0.25, 0.3) is 16.8 Å². The summed E-state index contributed by atoms with van der Waals surface area (Å²) in [4.78, 5) is 39.7. The van der Waals surface area contributed by atoms with Crippen molar-refractivity contribution in [3.63, 3.8) is 0 Å². The summed E-state index contributed by atoms with van der Waals surface area (Å²) >= 11 is 7.01. The Morgan fingerprint density at radius 1 is 0.921 bits per heavy atom. The highest BCUT2D eigenvalue weighted by Gasteiger charge is 2.37. The summed E-state index contributed by atoms with van der Waals surface area (Å²) in [7, 11) is 1.52. The van der Waals surface area contributed by atoms with Crippen LogP contribution >= 0.6 is 31.9 Å². The van der Waals surface area contributed by atoms with E-state index in [9.17, 15) is 14.4 Å². The van der Waals surface area contributed by atoms with Gasteiger partial charge in [0.1, 0.15) is 23.7 Å². The van der Waals surface area contributed by atoms with Gasteiger partial charge in [-0.3, -0.25) is 14.9 Å². The fourth-order valence-corrected chi connectivity index (χ4v) is 5.56. The number of rotatable bonds is 6. The van der Waals surface area contributed by atoms with E-state index in [0.29, 0.717) is 31.7 Å². The second-order valence-electron chi connectivity index (χ2n) is 8.39. The van der Waals surface area contributed by atoms with Crippen molar-refractivity contribution in [2.45, 2.75) is 6.61 Å². The third-order valence-corrected chi connectivity index (χ3v) is 7.07. The van der Waals surface area contributed by atoms with Crippen molar-refractivity contribution in [1.82, 2.24) is 5.32 Å². The quantitative estimate of drug-likeness (QED) is 0.190. The van der Waals surface area contributed by atoms with Crippen LogP contribution in [0.2, 0.25) is 0 Å². The molecule has 0 aromatic heterocycles. The standard InChI is InChI=1S/C29H20Br2N2O5/c1-37-22-11-9-21(10-12-22)33-28(35)24(27(34)32-29(33)36)14-19-13-20(30)15-25(31)26(19)38-16-18-7-4-6-17-5-2-3-8-23(17)18/h2-15H,16H2,1H3,(H,32,34,36)/b24-14+. The number of fused-ring (bicyclic) bond motifs is 1. The number of hydrogen-bond donors (Lipinski definition) is 1. The average molecular weight is 636 g/mol. The van der Waals surface area contributed by atoms with Crippen molar-refractivity contribution in [2.24, 2.45) is 0 Å². The van der Waals surface area contributed by atoms with Gasteiger partial charge < -0.3 is 9.47 Å². The molecule has 0 atom stereocenters. The minimum absolute atomic E-state index is 0.208. The molecule has 0 aliphatic carbocycles. The number of imide groups is 2. The van der Waals surface area contributed by atoms with Crippen LogP contribution in [0.1, 0.15) is 11.1 Å². The topological polar surface area (TPSA) is 84.9 Å². The summed E-state index contributed by atoms with van der Waals surface area (Å²) in [5.41, 5.74) is 1.56. The molecule has 1 heterocycles. The maximum atomic E-state index is 13.4. The van der Waals surface area contributed by atoms with Crippen molar-refractivity contribution >= 4 is 72.2 Å². The molecule has 190 valence electrons. The van der Waals surface area contributed by atoms with Gasteiger partial charge in [0.15, 0.2) is 0 Å². The lowest BCUT2D eigenvalue weighted by Gasteiger charge is -2.26. The van der Waals surface area contributed by atoms with Gasteiger partial charge in [-0.2, -0.15) is 0 Å². The van der Waals surface area contributed by atoms with E-state index in [-0.39, 0.29) is 12.2 Å². The summed E-state index contributed by atoms with van der Waals surface area (Å²) in [6, 6.07) is 23.1. The number of amides is 4. The van der Waals surface area contributed by atoms with Crippen LogP contribution < -0.4 is 19.7 Å². The number of ether oxygens (including phenoxy) is 2. The Kier molecular flexibility index (Phi) is 7.31. The highest BCUT2D eigenvalue weighted by atomic mass is 79.9. The maximum absolute atomic E-state index is 13.4. The van der Waals surface area contributed by atoms with Crippen molar-refractivity contribution < 1.29 is 23.9 Å². The first kappa shape index (κ1) is 25.7. The van der Waals surface area contributed by atoms with Crippen molar-refractivity contribution in [3.8, 4) is 11.5 Å². The van der Waals surface area contributed by atoms with Gasteiger partial charge in [-0.1, -0.05) is 58.4 Å². The number of methoxy groups -OCH3 is 1. The van der Waals surface area contributed by atoms with Crippen LogP contribution in [-0.4, -0.2) is 25.0 Å². The van der Waals surface area contributed by atoms with Gasteiger partial charge in [-0.05, 0) is 74.7 Å². The van der Waals surface area contributed by atoms with E-state index < -0.39 is 17.8 Å². The minimum atomic E-state index is -0.829. The van der Waals surface area contributed by atoms with Gasteiger partial charge in [0.05, 0.1) is 17.3 Å². The predicted molar refractivity (Wildman–Crippen MR) is 152 cm³/mol. The third-order valence-electron chi connectivity index (χ3n) is 6.02. The Balaban J connectivity index is 1.50. The van der Waals surface area contributed by atoms with E-state index in [4.69, 9.17) is 9.47 Å². The molecular weight excluding hydrogens is 616 g/mol. The van der Waals surface area contributed by atoms with Crippen LogP contribution in [0.15, 0.2) is 93.4 Å². The fraction of sp³-hybridized carbons (Fsp3) is 0.0690. The second kappa shape index (κ2) is 10.8. The van der Waals surface area contributed by atoms with E-state index in [1.54, 1.807) is 30.3 Å². The molecule has 4 aromatic rings. The van der Waals surface area contributed by atoms with Gasteiger partial charge >= 0.3 is 6.03 Å². The molecule has 38 heavy (non-hydrogen) atoms. The van der Waals surface area contributed by atoms with Crippen molar-refractivity contribution in [2.75, 3.05) is 12.0 Å². The molecule has 0 radical (unpaired) electrons. The summed E-state index contributed by atoms with van der Waals surface area (Å²) in [5.74, 6) is -0.527. The smallest absolute Gasteiger partial charge is 0.335 e. The Hall–Kier alpha value is -3.95. The lowest BCUT2D eigenvalue weighted by atomic mass is 10.0.